The molecule has 0 N–H and O–H groups in total. The van der Waals surface area contributed by atoms with Crippen LogP contribution < -0.4 is 0 Å². The third-order valence-corrected chi connectivity index (χ3v) is 6.24. The first kappa shape index (κ1) is 17.2. The maximum atomic E-state index is 13.7. The Kier molecular flexibility index (Phi) is 4.38. The lowest BCUT2D eigenvalue weighted by Crippen LogP contribution is -2.54. The van der Waals surface area contributed by atoms with E-state index in [2.05, 4.69) is 22.0 Å². The second kappa shape index (κ2) is 6.89. The third kappa shape index (κ3) is 3.04. The monoisotopic (exact) mass is 369 g/mol. The van der Waals surface area contributed by atoms with Crippen molar-refractivity contribution in [2.45, 2.75) is 76.4 Å². The molecule has 144 valence electrons. The van der Waals surface area contributed by atoms with Crippen LogP contribution in [0.25, 0.3) is 11.1 Å². The molecule has 2 aromatic heterocycles. The summed E-state index contributed by atoms with van der Waals surface area (Å²) in [4.78, 5) is 20.4. The maximum Gasteiger partial charge on any atom is 0.259 e. The number of rotatable bonds is 4. The Bertz CT molecular complexity index is 856. The van der Waals surface area contributed by atoms with Gasteiger partial charge in [-0.25, -0.2) is 4.98 Å². The molecule has 2 saturated carbocycles. The van der Waals surface area contributed by atoms with E-state index in [1.165, 1.54) is 12.8 Å². The fourth-order valence-corrected chi connectivity index (χ4v) is 4.70. The topological polar surface area (TPSA) is 68.5 Å². The van der Waals surface area contributed by atoms with Gasteiger partial charge in [0.2, 0.25) is 0 Å². The fourth-order valence-electron chi connectivity index (χ4n) is 4.70. The van der Waals surface area contributed by atoms with Gasteiger partial charge >= 0.3 is 0 Å². The predicted octanol–water partition coefficient (Wildman–Crippen LogP) is 3.84. The van der Waals surface area contributed by atoms with Crippen LogP contribution in [0.15, 0.2) is 10.6 Å². The minimum Gasteiger partial charge on any atom is -0.374 e. The molecular formula is C21H27N3O3. The number of aromatic nitrogens is 2. The molecule has 3 fully saturated rings. The summed E-state index contributed by atoms with van der Waals surface area (Å²) in [5, 5.41) is 5.07. The number of carbonyl (C=O) groups is 1. The van der Waals surface area contributed by atoms with Crippen molar-refractivity contribution >= 4 is 17.0 Å². The summed E-state index contributed by atoms with van der Waals surface area (Å²) in [6.45, 7) is 3.40. The van der Waals surface area contributed by atoms with Gasteiger partial charge in [0.1, 0.15) is 0 Å². The first-order valence-electron chi connectivity index (χ1n) is 10.5. The van der Waals surface area contributed by atoms with Gasteiger partial charge in [0, 0.05) is 18.2 Å². The second-order valence-electron chi connectivity index (χ2n) is 8.19. The highest BCUT2D eigenvalue weighted by Crippen LogP contribution is 2.41. The predicted molar refractivity (Wildman–Crippen MR) is 101 cm³/mol. The van der Waals surface area contributed by atoms with E-state index in [0.29, 0.717) is 24.8 Å². The molecule has 0 radical (unpaired) electrons. The number of morpholine rings is 1. The highest BCUT2D eigenvalue weighted by atomic mass is 16.5. The van der Waals surface area contributed by atoms with Crippen LogP contribution in [0.4, 0.5) is 0 Å². The number of hydrogen-bond acceptors (Lipinski definition) is 5. The third-order valence-electron chi connectivity index (χ3n) is 6.24. The van der Waals surface area contributed by atoms with Gasteiger partial charge in [0.15, 0.2) is 0 Å². The zero-order valence-electron chi connectivity index (χ0n) is 15.9. The Morgan fingerprint density at radius 1 is 1.26 bits per heavy atom. The summed E-state index contributed by atoms with van der Waals surface area (Å²) < 4.78 is 11.5. The lowest BCUT2D eigenvalue weighted by Gasteiger charge is -2.43. The van der Waals surface area contributed by atoms with Crippen molar-refractivity contribution in [1.29, 1.82) is 0 Å². The zero-order valence-corrected chi connectivity index (χ0v) is 15.9. The molecule has 0 aromatic carbocycles. The van der Waals surface area contributed by atoms with Gasteiger partial charge in [0.25, 0.3) is 11.6 Å². The minimum absolute atomic E-state index is 0.102. The van der Waals surface area contributed by atoms with E-state index in [4.69, 9.17) is 9.26 Å². The Morgan fingerprint density at radius 3 is 2.93 bits per heavy atom. The lowest BCUT2D eigenvalue weighted by molar-refractivity contribution is -0.0752. The van der Waals surface area contributed by atoms with Crippen molar-refractivity contribution in [2.75, 3.05) is 13.2 Å². The summed E-state index contributed by atoms with van der Waals surface area (Å²) in [7, 11) is 0. The molecule has 3 heterocycles. The van der Waals surface area contributed by atoms with Crippen molar-refractivity contribution in [1.82, 2.24) is 15.0 Å². The molecule has 1 amide bonds. The van der Waals surface area contributed by atoms with Gasteiger partial charge in [-0.15, -0.1) is 0 Å². The molecule has 0 spiro atoms. The van der Waals surface area contributed by atoms with Crippen LogP contribution in [-0.2, 0) is 11.2 Å². The van der Waals surface area contributed by atoms with Crippen LogP contribution in [0.3, 0.4) is 0 Å². The molecule has 2 aromatic rings. The quantitative estimate of drug-likeness (QED) is 0.819. The molecule has 2 aliphatic carbocycles. The van der Waals surface area contributed by atoms with Crippen LogP contribution in [-0.4, -0.2) is 46.2 Å². The molecule has 27 heavy (non-hydrogen) atoms. The van der Waals surface area contributed by atoms with Crippen LogP contribution >= 0.6 is 0 Å². The number of fused-ring (bicyclic) bond motifs is 2. The highest BCUT2D eigenvalue weighted by molar-refractivity contribution is 6.06. The number of carbonyl (C=O) groups excluding carboxylic acids is 1. The maximum absolute atomic E-state index is 13.7. The lowest BCUT2D eigenvalue weighted by atomic mass is 9.89. The Hall–Kier alpha value is -1.95. The molecule has 6 heteroatoms. The van der Waals surface area contributed by atoms with E-state index < -0.39 is 0 Å². The molecule has 3 aliphatic rings. The molecule has 6 nitrogen and oxygen atoms in total. The molecule has 5 rings (SSSR count). The number of nitrogens with zero attached hydrogens (tertiary/aromatic N) is 3. The number of hydrogen-bond donors (Lipinski definition) is 0. The van der Waals surface area contributed by atoms with Crippen LogP contribution in [0, 0.1) is 0 Å². The van der Waals surface area contributed by atoms with Crippen molar-refractivity contribution in [3.8, 4) is 0 Å². The van der Waals surface area contributed by atoms with Gasteiger partial charge in [-0.3, -0.25) is 4.79 Å². The van der Waals surface area contributed by atoms with Crippen molar-refractivity contribution in [2.24, 2.45) is 0 Å². The highest BCUT2D eigenvalue weighted by Gasteiger charge is 2.38. The van der Waals surface area contributed by atoms with Crippen molar-refractivity contribution in [3.63, 3.8) is 0 Å². The van der Waals surface area contributed by atoms with E-state index in [1.807, 2.05) is 6.07 Å². The van der Waals surface area contributed by atoms with Gasteiger partial charge in [-0.2, -0.15) is 0 Å². The molecule has 2 atom stereocenters. The standard InChI is InChI=1S/C21H27N3O3/c1-2-5-15-19-14(12-16(13-8-9-13)22-20(19)27-23-15)21(25)24-10-11-26-18-7-4-3-6-17(18)24/h12-13,17-18H,2-11H2,1H3. The Labute approximate surface area is 159 Å². The summed E-state index contributed by atoms with van der Waals surface area (Å²) >= 11 is 0. The second-order valence-corrected chi connectivity index (χ2v) is 8.19. The first-order chi connectivity index (χ1) is 13.3. The Morgan fingerprint density at radius 2 is 2.11 bits per heavy atom. The molecule has 2 unspecified atom stereocenters. The number of aryl methyl sites for hydroxylation is 1. The zero-order chi connectivity index (χ0) is 18.4. The van der Waals surface area contributed by atoms with Crippen LogP contribution in [0.1, 0.15) is 79.5 Å². The number of pyridine rings is 1. The van der Waals surface area contributed by atoms with Crippen molar-refractivity contribution in [3.05, 3.63) is 23.0 Å². The molecular weight excluding hydrogens is 342 g/mol. The molecule has 0 bridgehead atoms. The first-order valence-corrected chi connectivity index (χ1v) is 10.5. The fraction of sp³-hybridized carbons (Fsp3) is 0.667. The van der Waals surface area contributed by atoms with Gasteiger partial charge in [-0.1, -0.05) is 31.3 Å². The van der Waals surface area contributed by atoms with Gasteiger partial charge in [-0.05, 0) is 38.2 Å². The average Bonchev–Trinajstić information content (AvgIpc) is 3.48. The normalized spacial score (nSPS) is 25.6. The summed E-state index contributed by atoms with van der Waals surface area (Å²) in [5.74, 6) is 0.567. The smallest absolute Gasteiger partial charge is 0.259 e. The SMILES string of the molecule is CCCc1noc2nc(C3CC3)cc(C(=O)N3CCOC4CCCCC43)c12. The molecule has 1 saturated heterocycles. The van der Waals surface area contributed by atoms with E-state index in [-0.39, 0.29) is 18.1 Å². The summed E-state index contributed by atoms with van der Waals surface area (Å²) in [6, 6.07) is 2.22. The average molecular weight is 369 g/mol. The van der Waals surface area contributed by atoms with E-state index in [1.54, 1.807) is 0 Å². The van der Waals surface area contributed by atoms with E-state index in [9.17, 15) is 4.79 Å². The summed E-state index contributed by atoms with van der Waals surface area (Å²) in [6.07, 6.45) is 8.69. The minimum atomic E-state index is 0.102. The van der Waals surface area contributed by atoms with E-state index >= 15 is 0 Å². The van der Waals surface area contributed by atoms with Crippen LogP contribution in [0.5, 0.6) is 0 Å². The largest absolute Gasteiger partial charge is 0.374 e. The Balaban J connectivity index is 1.57. The van der Waals surface area contributed by atoms with Crippen LogP contribution in [0.2, 0.25) is 0 Å². The van der Waals surface area contributed by atoms with Crippen molar-refractivity contribution < 1.29 is 14.1 Å². The number of ether oxygens (including phenoxy) is 1. The van der Waals surface area contributed by atoms with Gasteiger partial charge in [0.05, 0.1) is 35.4 Å². The van der Waals surface area contributed by atoms with E-state index in [0.717, 1.165) is 60.9 Å². The molecule has 1 aliphatic heterocycles. The van der Waals surface area contributed by atoms with Gasteiger partial charge < -0.3 is 14.2 Å². The summed E-state index contributed by atoms with van der Waals surface area (Å²) in [5.41, 5.74) is 3.11. The number of amides is 1.